The molecule has 1 aromatic rings. The Labute approximate surface area is 133 Å². The van der Waals surface area contributed by atoms with Crippen LogP contribution in [0.15, 0.2) is 24.3 Å². The minimum absolute atomic E-state index is 0.140. The maximum Gasteiger partial charge on any atom is 0.308 e. The second kappa shape index (κ2) is 6.64. The summed E-state index contributed by atoms with van der Waals surface area (Å²) in [6.45, 7) is 1.97. The highest BCUT2D eigenvalue weighted by Crippen LogP contribution is 2.34. The molecule has 0 saturated carbocycles. The number of hydrogen-bond acceptors (Lipinski definition) is 4. The van der Waals surface area contributed by atoms with E-state index in [2.05, 4.69) is 5.32 Å². The zero-order valence-electron chi connectivity index (χ0n) is 12.6. The lowest BCUT2D eigenvalue weighted by molar-refractivity contribution is -0.142. The van der Waals surface area contributed by atoms with Crippen LogP contribution in [0.5, 0.6) is 0 Å². The van der Waals surface area contributed by atoms with E-state index in [9.17, 15) is 19.1 Å². The predicted molar refractivity (Wildman–Crippen MR) is 79.2 cm³/mol. The van der Waals surface area contributed by atoms with Gasteiger partial charge in [-0.3, -0.25) is 14.9 Å². The van der Waals surface area contributed by atoms with Gasteiger partial charge < -0.3 is 14.7 Å². The molecule has 2 aliphatic rings. The fraction of sp³-hybridized carbons (Fsp3) is 0.500. The number of amides is 1. The third kappa shape index (κ3) is 3.20. The van der Waals surface area contributed by atoms with Crippen molar-refractivity contribution in [1.29, 1.82) is 0 Å². The van der Waals surface area contributed by atoms with Crippen LogP contribution in [-0.4, -0.2) is 54.2 Å². The Balaban J connectivity index is 1.79. The Bertz CT molecular complexity index is 603. The summed E-state index contributed by atoms with van der Waals surface area (Å²) in [4.78, 5) is 25.8. The molecule has 2 heterocycles. The molecule has 1 amide bonds. The zero-order valence-corrected chi connectivity index (χ0v) is 12.6. The maximum absolute atomic E-state index is 14.0. The molecule has 3 rings (SSSR count). The van der Waals surface area contributed by atoms with E-state index in [1.54, 1.807) is 23.1 Å². The van der Waals surface area contributed by atoms with Crippen molar-refractivity contribution >= 4 is 11.9 Å². The van der Waals surface area contributed by atoms with Gasteiger partial charge in [0.15, 0.2) is 0 Å². The molecule has 3 atom stereocenters. The second-order valence-electron chi connectivity index (χ2n) is 5.84. The van der Waals surface area contributed by atoms with E-state index in [0.717, 1.165) is 0 Å². The van der Waals surface area contributed by atoms with Gasteiger partial charge in [0.05, 0.1) is 25.2 Å². The van der Waals surface area contributed by atoms with Gasteiger partial charge in [0.25, 0.3) is 0 Å². The van der Waals surface area contributed by atoms with E-state index in [1.165, 1.54) is 6.07 Å². The number of carboxylic acids is 1. The van der Waals surface area contributed by atoms with Crippen molar-refractivity contribution < 1.29 is 23.8 Å². The largest absolute Gasteiger partial charge is 0.481 e. The number of carbonyl (C=O) groups excluding carboxylic acids is 1. The van der Waals surface area contributed by atoms with Crippen LogP contribution in [0.2, 0.25) is 0 Å². The van der Waals surface area contributed by atoms with Crippen molar-refractivity contribution in [3.63, 3.8) is 0 Å². The first-order chi connectivity index (χ1) is 11.1. The number of carboxylic acid groups (broad SMARTS) is 1. The number of aliphatic carboxylic acids is 1. The van der Waals surface area contributed by atoms with E-state index >= 15 is 0 Å². The number of hydrogen-bond donors (Lipinski definition) is 2. The lowest BCUT2D eigenvalue weighted by Gasteiger charge is -2.29. The van der Waals surface area contributed by atoms with E-state index in [4.69, 9.17) is 4.74 Å². The van der Waals surface area contributed by atoms with Gasteiger partial charge in [-0.1, -0.05) is 18.2 Å². The Morgan fingerprint density at radius 2 is 1.96 bits per heavy atom. The van der Waals surface area contributed by atoms with Crippen LogP contribution >= 0.6 is 0 Å². The molecule has 2 saturated heterocycles. The first-order valence-corrected chi connectivity index (χ1v) is 7.67. The van der Waals surface area contributed by atoms with Crippen LogP contribution in [0.3, 0.4) is 0 Å². The molecule has 23 heavy (non-hydrogen) atoms. The standard InChI is InChI=1S/C16H19FN2O4/c17-12-4-2-1-3-10(12)14-11(16(21)22)9-13(18-14)15(20)19-5-7-23-8-6-19/h1-4,11,13-14,18H,5-9H2,(H,21,22). The monoisotopic (exact) mass is 322 g/mol. The highest BCUT2D eigenvalue weighted by molar-refractivity contribution is 5.84. The SMILES string of the molecule is O=C(O)C1CC(C(=O)N2CCOCC2)NC1c1ccccc1F. The quantitative estimate of drug-likeness (QED) is 0.860. The first-order valence-electron chi connectivity index (χ1n) is 7.67. The molecular formula is C16H19FN2O4. The smallest absolute Gasteiger partial charge is 0.308 e. The summed E-state index contributed by atoms with van der Waals surface area (Å²) in [5.74, 6) is -2.46. The summed E-state index contributed by atoms with van der Waals surface area (Å²) >= 11 is 0. The lowest BCUT2D eigenvalue weighted by atomic mass is 9.93. The third-order valence-electron chi connectivity index (χ3n) is 4.45. The molecule has 1 aromatic carbocycles. The number of carbonyl (C=O) groups is 2. The van der Waals surface area contributed by atoms with E-state index < -0.39 is 29.8 Å². The van der Waals surface area contributed by atoms with Crippen molar-refractivity contribution in [3.05, 3.63) is 35.6 Å². The van der Waals surface area contributed by atoms with Gasteiger partial charge in [0.1, 0.15) is 5.82 Å². The Kier molecular flexibility index (Phi) is 4.58. The maximum atomic E-state index is 14.0. The van der Waals surface area contributed by atoms with Gasteiger partial charge in [0, 0.05) is 24.7 Å². The molecular weight excluding hydrogens is 303 g/mol. The third-order valence-corrected chi connectivity index (χ3v) is 4.45. The first kappa shape index (κ1) is 15.9. The van der Waals surface area contributed by atoms with Crippen LogP contribution in [0.1, 0.15) is 18.0 Å². The van der Waals surface area contributed by atoms with Crippen molar-refractivity contribution in [3.8, 4) is 0 Å². The zero-order chi connectivity index (χ0) is 16.4. The van der Waals surface area contributed by atoms with Crippen molar-refractivity contribution in [1.82, 2.24) is 10.2 Å². The number of nitrogens with zero attached hydrogens (tertiary/aromatic N) is 1. The summed E-state index contributed by atoms with van der Waals surface area (Å²) in [7, 11) is 0. The highest BCUT2D eigenvalue weighted by Gasteiger charge is 2.44. The van der Waals surface area contributed by atoms with Gasteiger partial charge in [0.2, 0.25) is 5.91 Å². The summed E-state index contributed by atoms with van der Waals surface area (Å²) in [6, 6.07) is 4.76. The summed E-state index contributed by atoms with van der Waals surface area (Å²) in [5, 5.41) is 12.5. The van der Waals surface area contributed by atoms with Gasteiger partial charge in [-0.2, -0.15) is 0 Å². The van der Waals surface area contributed by atoms with E-state index in [1.807, 2.05) is 0 Å². The van der Waals surface area contributed by atoms with E-state index in [-0.39, 0.29) is 17.9 Å². The molecule has 2 N–H and O–H groups in total. The van der Waals surface area contributed by atoms with Gasteiger partial charge in [-0.15, -0.1) is 0 Å². The van der Waals surface area contributed by atoms with E-state index in [0.29, 0.717) is 26.3 Å². The Morgan fingerprint density at radius 1 is 1.26 bits per heavy atom. The molecule has 0 aliphatic carbocycles. The minimum Gasteiger partial charge on any atom is -0.481 e. The summed E-state index contributed by atoms with van der Waals surface area (Å²) in [6.07, 6.45) is 0.157. The lowest BCUT2D eigenvalue weighted by Crippen LogP contribution is -2.48. The van der Waals surface area contributed by atoms with Gasteiger partial charge >= 0.3 is 5.97 Å². The normalized spacial score (nSPS) is 27.9. The predicted octanol–water partition coefficient (Wildman–Crippen LogP) is 0.788. The Hall–Kier alpha value is -1.99. The molecule has 0 radical (unpaired) electrons. The number of morpholine rings is 1. The number of benzene rings is 1. The Morgan fingerprint density at radius 3 is 2.61 bits per heavy atom. The molecule has 0 bridgehead atoms. The molecule has 2 aliphatic heterocycles. The van der Waals surface area contributed by atoms with Crippen LogP contribution in [0.4, 0.5) is 4.39 Å². The van der Waals surface area contributed by atoms with Crippen LogP contribution in [0.25, 0.3) is 0 Å². The molecule has 0 spiro atoms. The van der Waals surface area contributed by atoms with Crippen molar-refractivity contribution in [2.75, 3.05) is 26.3 Å². The van der Waals surface area contributed by atoms with Gasteiger partial charge in [-0.05, 0) is 12.5 Å². The molecule has 7 heteroatoms. The number of ether oxygens (including phenoxy) is 1. The molecule has 0 aromatic heterocycles. The molecule has 3 unspecified atom stereocenters. The fourth-order valence-electron chi connectivity index (χ4n) is 3.24. The average Bonchev–Trinajstić information content (AvgIpc) is 3.01. The minimum atomic E-state index is -1.02. The number of nitrogens with one attached hydrogen (secondary N) is 1. The average molecular weight is 322 g/mol. The van der Waals surface area contributed by atoms with Crippen LogP contribution < -0.4 is 5.32 Å². The summed E-state index contributed by atoms with van der Waals surface area (Å²) < 4.78 is 19.2. The topological polar surface area (TPSA) is 78.9 Å². The summed E-state index contributed by atoms with van der Waals surface area (Å²) in [5.41, 5.74) is 0.289. The van der Waals surface area contributed by atoms with Crippen molar-refractivity contribution in [2.45, 2.75) is 18.5 Å². The molecule has 6 nitrogen and oxygen atoms in total. The van der Waals surface area contributed by atoms with Crippen molar-refractivity contribution in [2.24, 2.45) is 5.92 Å². The molecule has 124 valence electrons. The van der Waals surface area contributed by atoms with Crippen LogP contribution in [0, 0.1) is 11.7 Å². The number of rotatable bonds is 3. The molecule has 2 fully saturated rings. The number of halogens is 1. The van der Waals surface area contributed by atoms with Crippen LogP contribution in [-0.2, 0) is 14.3 Å². The van der Waals surface area contributed by atoms with Gasteiger partial charge in [-0.25, -0.2) is 4.39 Å². The highest BCUT2D eigenvalue weighted by atomic mass is 19.1. The fourth-order valence-corrected chi connectivity index (χ4v) is 3.24. The second-order valence-corrected chi connectivity index (χ2v) is 5.84.